The topological polar surface area (TPSA) is 104 Å². The Labute approximate surface area is 122 Å². The number of rotatable bonds is 3. The zero-order valence-corrected chi connectivity index (χ0v) is 11.5. The van der Waals surface area contributed by atoms with Gasteiger partial charge >= 0.3 is 0 Å². The van der Waals surface area contributed by atoms with Crippen LogP contribution in [-0.2, 0) is 0 Å². The summed E-state index contributed by atoms with van der Waals surface area (Å²) in [7, 11) is 0. The number of aromatic nitrogens is 4. The van der Waals surface area contributed by atoms with Gasteiger partial charge in [0, 0.05) is 24.5 Å². The highest BCUT2D eigenvalue weighted by Crippen LogP contribution is 2.21. The van der Waals surface area contributed by atoms with E-state index in [2.05, 4.69) is 25.3 Å². The molecule has 1 saturated carbocycles. The Bertz CT molecular complexity index is 614. The van der Waals surface area contributed by atoms with Crippen LogP contribution in [0, 0.1) is 0 Å². The molecule has 0 bridgehead atoms. The summed E-state index contributed by atoms with van der Waals surface area (Å²) in [6, 6.07) is 3.38. The number of hydrogen-bond acceptors (Lipinski definition) is 7. The van der Waals surface area contributed by atoms with E-state index in [9.17, 15) is 10.2 Å². The number of nitrogens with zero attached hydrogens (tertiary/aromatic N) is 4. The van der Waals surface area contributed by atoms with Crippen molar-refractivity contribution in [2.45, 2.75) is 37.8 Å². The van der Waals surface area contributed by atoms with Gasteiger partial charge in [0.25, 0.3) is 0 Å². The minimum Gasteiger partial charge on any atom is -0.493 e. The van der Waals surface area contributed by atoms with Gasteiger partial charge in [-0.2, -0.15) is 4.98 Å². The van der Waals surface area contributed by atoms with E-state index in [1.807, 2.05) is 0 Å². The highest BCUT2D eigenvalue weighted by atomic mass is 16.3. The predicted molar refractivity (Wildman–Crippen MR) is 76.6 cm³/mol. The first-order valence-corrected chi connectivity index (χ1v) is 7.01. The van der Waals surface area contributed by atoms with Gasteiger partial charge in [0.05, 0.1) is 6.10 Å². The summed E-state index contributed by atoms with van der Waals surface area (Å²) in [5, 5.41) is 22.2. The van der Waals surface area contributed by atoms with Crippen LogP contribution in [0.5, 0.6) is 5.88 Å². The van der Waals surface area contributed by atoms with Crippen LogP contribution in [0.2, 0.25) is 0 Å². The summed E-state index contributed by atoms with van der Waals surface area (Å²) in [6.45, 7) is 0. The Hall–Kier alpha value is -2.28. The first kappa shape index (κ1) is 13.7. The second-order valence-corrected chi connectivity index (χ2v) is 5.15. The molecular weight excluding hydrogens is 270 g/mol. The molecule has 1 aliphatic carbocycles. The van der Waals surface area contributed by atoms with Gasteiger partial charge in [-0.15, -0.1) is 0 Å². The van der Waals surface area contributed by atoms with Crippen LogP contribution in [0.25, 0.3) is 11.5 Å². The van der Waals surface area contributed by atoms with E-state index in [4.69, 9.17) is 0 Å². The molecular formula is C14H17N5O2. The molecule has 0 saturated heterocycles. The molecule has 0 aromatic carbocycles. The molecule has 0 amide bonds. The minimum atomic E-state index is -0.184. The van der Waals surface area contributed by atoms with Crippen LogP contribution in [0.4, 0.5) is 5.95 Å². The van der Waals surface area contributed by atoms with Gasteiger partial charge in [0.2, 0.25) is 11.8 Å². The largest absolute Gasteiger partial charge is 0.493 e. The molecule has 2 heterocycles. The Balaban J connectivity index is 1.74. The molecule has 1 fully saturated rings. The van der Waals surface area contributed by atoms with Crippen molar-refractivity contribution in [2.75, 3.05) is 5.32 Å². The summed E-state index contributed by atoms with van der Waals surface area (Å²) < 4.78 is 0. The van der Waals surface area contributed by atoms with Gasteiger partial charge in [0.1, 0.15) is 5.69 Å². The molecule has 21 heavy (non-hydrogen) atoms. The van der Waals surface area contributed by atoms with E-state index in [0.29, 0.717) is 17.5 Å². The Kier molecular flexibility index (Phi) is 3.92. The maximum absolute atomic E-state index is 9.51. The van der Waals surface area contributed by atoms with Crippen LogP contribution in [0.3, 0.4) is 0 Å². The highest BCUT2D eigenvalue weighted by molar-refractivity contribution is 5.51. The zero-order valence-electron chi connectivity index (χ0n) is 11.5. The van der Waals surface area contributed by atoms with Crippen molar-refractivity contribution in [3.8, 4) is 17.4 Å². The summed E-state index contributed by atoms with van der Waals surface area (Å²) in [5.41, 5.74) is 0.555. The van der Waals surface area contributed by atoms with E-state index in [1.165, 1.54) is 12.3 Å². The molecule has 2 aromatic heterocycles. The number of aliphatic hydroxyl groups is 1. The lowest BCUT2D eigenvalue weighted by atomic mass is 9.93. The van der Waals surface area contributed by atoms with Gasteiger partial charge in [0.15, 0.2) is 5.82 Å². The average molecular weight is 287 g/mol. The van der Waals surface area contributed by atoms with E-state index >= 15 is 0 Å². The van der Waals surface area contributed by atoms with Crippen molar-refractivity contribution in [1.29, 1.82) is 0 Å². The van der Waals surface area contributed by atoms with E-state index < -0.39 is 0 Å². The van der Waals surface area contributed by atoms with Gasteiger partial charge < -0.3 is 15.5 Å². The maximum Gasteiger partial charge on any atom is 0.223 e. The van der Waals surface area contributed by atoms with Gasteiger partial charge in [-0.05, 0) is 31.7 Å². The summed E-state index contributed by atoms with van der Waals surface area (Å²) >= 11 is 0. The molecule has 0 atom stereocenters. The monoisotopic (exact) mass is 287 g/mol. The number of hydrogen-bond donors (Lipinski definition) is 3. The van der Waals surface area contributed by atoms with Crippen molar-refractivity contribution in [3.05, 3.63) is 24.5 Å². The van der Waals surface area contributed by atoms with Crippen LogP contribution < -0.4 is 5.32 Å². The second kappa shape index (κ2) is 6.01. The van der Waals surface area contributed by atoms with E-state index in [0.717, 1.165) is 25.7 Å². The number of anilines is 1. The summed E-state index contributed by atoms with van der Waals surface area (Å²) in [4.78, 5) is 16.6. The fourth-order valence-corrected chi connectivity index (χ4v) is 2.43. The Morgan fingerprint density at radius 2 is 1.76 bits per heavy atom. The van der Waals surface area contributed by atoms with Crippen LogP contribution >= 0.6 is 0 Å². The fraction of sp³-hybridized carbons (Fsp3) is 0.429. The SMILES string of the molecule is Oc1ccnc(-c2ccnc(NC3CCC(O)CC3)n2)n1. The Morgan fingerprint density at radius 1 is 1.00 bits per heavy atom. The predicted octanol–water partition coefficient (Wildman–Crippen LogP) is 1.35. The molecule has 2 aromatic rings. The van der Waals surface area contributed by atoms with Crippen molar-refractivity contribution >= 4 is 5.95 Å². The van der Waals surface area contributed by atoms with E-state index in [1.54, 1.807) is 12.3 Å². The van der Waals surface area contributed by atoms with Crippen molar-refractivity contribution in [3.63, 3.8) is 0 Å². The van der Waals surface area contributed by atoms with Crippen LogP contribution in [0.15, 0.2) is 24.5 Å². The van der Waals surface area contributed by atoms with Crippen molar-refractivity contribution < 1.29 is 10.2 Å². The lowest BCUT2D eigenvalue weighted by molar-refractivity contribution is 0.126. The first-order chi connectivity index (χ1) is 10.2. The molecule has 0 unspecified atom stereocenters. The van der Waals surface area contributed by atoms with Gasteiger partial charge in [-0.1, -0.05) is 0 Å². The minimum absolute atomic E-state index is 0.0885. The lowest BCUT2D eigenvalue weighted by Crippen LogP contribution is -2.28. The smallest absolute Gasteiger partial charge is 0.223 e. The summed E-state index contributed by atoms with van der Waals surface area (Å²) in [6.07, 6.45) is 6.33. The number of aromatic hydroxyl groups is 1. The number of aliphatic hydroxyl groups excluding tert-OH is 1. The summed E-state index contributed by atoms with van der Waals surface area (Å²) in [5.74, 6) is 0.787. The first-order valence-electron chi connectivity index (χ1n) is 7.01. The standard InChI is InChI=1S/C14H17N5O2/c20-10-3-1-9(2-4-10)17-14-16-7-5-11(18-14)13-15-8-6-12(21)19-13/h5-10,20H,1-4H2,(H,15,19,21)(H,16,17,18). The molecule has 3 N–H and O–H groups in total. The molecule has 0 aliphatic heterocycles. The molecule has 1 aliphatic rings. The van der Waals surface area contributed by atoms with Crippen LogP contribution in [0.1, 0.15) is 25.7 Å². The number of nitrogens with one attached hydrogen (secondary N) is 1. The third kappa shape index (κ3) is 3.43. The molecule has 0 spiro atoms. The molecule has 7 heteroatoms. The van der Waals surface area contributed by atoms with Crippen LogP contribution in [-0.4, -0.2) is 42.3 Å². The molecule has 3 rings (SSSR count). The normalized spacial score (nSPS) is 22.0. The lowest BCUT2D eigenvalue weighted by Gasteiger charge is -2.26. The van der Waals surface area contributed by atoms with Gasteiger partial charge in [-0.3, -0.25) is 0 Å². The average Bonchev–Trinajstić information content (AvgIpc) is 2.50. The van der Waals surface area contributed by atoms with Crippen molar-refractivity contribution in [1.82, 2.24) is 19.9 Å². The zero-order chi connectivity index (χ0) is 14.7. The third-order valence-electron chi connectivity index (χ3n) is 3.56. The van der Waals surface area contributed by atoms with Gasteiger partial charge in [-0.25, -0.2) is 15.0 Å². The molecule has 7 nitrogen and oxygen atoms in total. The molecule has 110 valence electrons. The fourth-order valence-electron chi connectivity index (χ4n) is 2.43. The van der Waals surface area contributed by atoms with E-state index in [-0.39, 0.29) is 18.0 Å². The highest BCUT2D eigenvalue weighted by Gasteiger charge is 2.20. The quantitative estimate of drug-likeness (QED) is 0.782. The Morgan fingerprint density at radius 3 is 2.52 bits per heavy atom. The second-order valence-electron chi connectivity index (χ2n) is 5.15. The maximum atomic E-state index is 9.51. The molecule has 0 radical (unpaired) electrons. The third-order valence-corrected chi connectivity index (χ3v) is 3.56. The van der Waals surface area contributed by atoms with Crippen molar-refractivity contribution in [2.24, 2.45) is 0 Å².